The molecule has 0 aliphatic rings. The Balaban J connectivity index is 2.51. The first kappa shape index (κ1) is 15.2. The quantitative estimate of drug-likeness (QED) is 0.671. The van der Waals surface area contributed by atoms with Crippen LogP contribution < -0.4 is 5.32 Å². The van der Waals surface area contributed by atoms with Crippen LogP contribution in [0.15, 0.2) is 24.3 Å². The van der Waals surface area contributed by atoms with E-state index in [1.54, 1.807) is 7.11 Å². The number of aryl methyl sites for hydroxylation is 1. The average Bonchev–Trinajstić information content (AvgIpc) is 2.39. The summed E-state index contributed by atoms with van der Waals surface area (Å²) in [6.45, 7) is 6.30. The van der Waals surface area contributed by atoms with Gasteiger partial charge >= 0.3 is 0 Å². The Kier molecular flexibility index (Phi) is 7.70. The number of hydrogen-bond donors (Lipinski definition) is 1. The SMILES string of the molecule is CCCNC(CCCCOC)c1ccc(C)cc1. The van der Waals surface area contributed by atoms with Gasteiger partial charge in [-0.15, -0.1) is 0 Å². The summed E-state index contributed by atoms with van der Waals surface area (Å²) in [4.78, 5) is 0. The molecule has 2 nitrogen and oxygen atoms in total. The Bertz CT molecular complexity index is 307. The molecule has 0 aliphatic carbocycles. The molecule has 0 saturated carbocycles. The molecule has 1 rings (SSSR count). The lowest BCUT2D eigenvalue weighted by molar-refractivity contribution is 0.191. The van der Waals surface area contributed by atoms with E-state index < -0.39 is 0 Å². The number of nitrogens with one attached hydrogen (secondary N) is 1. The fourth-order valence-corrected chi connectivity index (χ4v) is 2.10. The third kappa shape index (κ3) is 5.65. The Morgan fingerprint density at radius 2 is 1.89 bits per heavy atom. The van der Waals surface area contributed by atoms with Crippen LogP contribution in [0.3, 0.4) is 0 Å². The standard InChI is InChI=1S/C16H27NO/c1-4-12-17-16(7-5-6-13-18-3)15-10-8-14(2)9-11-15/h8-11,16-17H,4-7,12-13H2,1-3H3. The number of unbranched alkanes of at least 4 members (excludes halogenated alkanes) is 1. The van der Waals surface area contributed by atoms with Gasteiger partial charge in [-0.25, -0.2) is 0 Å². The van der Waals surface area contributed by atoms with Crippen LogP contribution in [0.4, 0.5) is 0 Å². The summed E-state index contributed by atoms with van der Waals surface area (Å²) in [5.41, 5.74) is 2.74. The molecule has 0 saturated heterocycles. The number of benzene rings is 1. The molecule has 1 aromatic carbocycles. The number of methoxy groups -OCH3 is 1. The van der Waals surface area contributed by atoms with Crippen molar-refractivity contribution >= 4 is 0 Å². The van der Waals surface area contributed by atoms with E-state index in [-0.39, 0.29) is 0 Å². The average molecular weight is 249 g/mol. The summed E-state index contributed by atoms with van der Waals surface area (Å²) >= 11 is 0. The van der Waals surface area contributed by atoms with Gasteiger partial charge in [0.05, 0.1) is 0 Å². The van der Waals surface area contributed by atoms with Crippen molar-refractivity contribution in [1.29, 1.82) is 0 Å². The van der Waals surface area contributed by atoms with E-state index in [1.165, 1.54) is 30.4 Å². The first-order chi connectivity index (χ1) is 8.77. The molecule has 0 aliphatic heterocycles. The zero-order valence-corrected chi connectivity index (χ0v) is 12.0. The van der Waals surface area contributed by atoms with Crippen molar-refractivity contribution in [3.8, 4) is 0 Å². The number of ether oxygens (including phenoxy) is 1. The van der Waals surface area contributed by atoms with E-state index in [9.17, 15) is 0 Å². The molecule has 0 aromatic heterocycles. The highest BCUT2D eigenvalue weighted by molar-refractivity contribution is 5.24. The van der Waals surface area contributed by atoms with Gasteiger partial charge in [0, 0.05) is 19.8 Å². The molecule has 0 amide bonds. The van der Waals surface area contributed by atoms with Gasteiger partial charge in [-0.1, -0.05) is 36.8 Å². The molecule has 0 spiro atoms. The van der Waals surface area contributed by atoms with Crippen LogP contribution in [-0.4, -0.2) is 20.3 Å². The van der Waals surface area contributed by atoms with E-state index >= 15 is 0 Å². The summed E-state index contributed by atoms with van der Waals surface area (Å²) < 4.78 is 5.11. The smallest absolute Gasteiger partial charge is 0.0462 e. The molecule has 1 N–H and O–H groups in total. The van der Waals surface area contributed by atoms with Gasteiger partial charge in [0.25, 0.3) is 0 Å². The Hall–Kier alpha value is -0.860. The third-order valence-electron chi connectivity index (χ3n) is 3.21. The molecule has 18 heavy (non-hydrogen) atoms. The van der Waals surface area contributed by atoms with E-state index in [0.29, 0.717) is 6.04 Å². The largest absolute Gasteiger partial charge is 0.385 e. The highest BCUT2D eigenvalue weighted by atomic mass is 16.5. The molecule has 102 valence electrons. The second-order valence-corrected chi connectivity index (χ2v) is 4.91. The van der Waals surface area contributed by atoms with E-state index in [4.69, 9.17) is 4.74 Å². The van der Waals surface area contributed by atoms with Gasteiger partial charge in [-0.2, -0.15) is 0 Å². The van der Waals surface area contributed by atoms with Gasteiger partial charge in [-0.3, -0.25) is 0 Å². The van der Waals surface area contributed by atoms with Crippen molar-refractivity contribution in [3.63, 3.8) is 0 Å². The summed E-state index contributed by atoms with van der Waals surface area (Å²) in [6, 6.07) is 9.39. The van der Waals surface area contributed by atoms with Crippen LogP contribution in [0.5, 0.6) is 0 Å². The monoisotopic (exact) mass is 249 g/mol. The molecule has 0 fully saturated rings. The minimum Gasteiger partial charge on any atom is -0.385 e. The number of hydrogen-bond acceptors (Lipinski definition) is 2. The first-order valence-corrected chi connectivity index (χ1v) is 7.06. The summed E-state index contributed by atoms with van der Waals surface area (Å²) in [5.74, 6) is 0. The van der Waals surface area contributed by atoms with Crippen molar-refractivity contribution in [2.24, 2.45) is 0 Å². The summed E-state index contributed by atoms with van der Waals surface area (Å²) in [7, 11) is 1.77. The van der Waals surface area contributed by atoms with Gasteiger partial charge < -0.3 is 10.1 Å². The van der Waals surface area contributed by atoms with Crippen LogP contribution in [0.2, 0.25) is 0 Å². The molecule has 0 bridgehead atoms. The highest BCUT2D eigenvalue weighted by Gasteiger charge is 2.09. The lowest BCUT2D eigenvalue weighted by Crippen LogP contribution is -2.22. The molecule has 0 heterocycles. The minimum atomic E-state index is 0.488. The molecular weight excluding hydrogens is 222 g/mol. The molecular formula is C16H27NO. The van der Waals surface area contributed by atoms with Crippen LogP contribution in [0.25, 0.3) is 0 Å². The zero-order valence-electron chi connectivity index (χ0n) is 12.0. The lowest BCUT2D eigenvalue weighted by atomic mass is 10.00. The summed E-state index contributed by atoms with van der Waals surface area (Å²) in [6.07, 6.45) is 4.72. The van der Waals surface area contributed by atoms with E-state index in [2.05, 4.69) is 43.4 Å². The maximum Gasteiger partial charge on any atom is 0.0462 e. The molecule has 1 aromatic rings. The predicted octanol–water partition coefficient (Wildman–Crippen LogP) is 3.85. The van der Waals surface area contributed by atoms with Gasteiger partial charge in [-0.05, 0) is 44.7 Å². The van der Waals surface area contributed by atoms with Crippen LogP contribution in [0.1, 0.15) is 49.8 Å². The van der Waals surface area contributed by atoms with Gasteiger partial charge in [0.15, 0.2) is 0 Å². The first-order valence-electron chi connectivity index (χ1n) is 7.06. The Morgan fingerprint density at radius 1 is 1.17 bits per heavy atom. The van der Waals surface area contributed by atoms with Gasteiger partial charge in [0.2, 0.25) is 0 Å². The lowest BCUT2D eigenvalue weighted by Gasteiger charge is -2.19. The molecule has 2 heteroatoms. The third-order valence-corrected chi connectivity index (χ3v) is 3.21. The zero-order chi connectivity index (χ0) is 13.2. The molecule has 1 unspecified atom stereocenters. The van der Waals surface area contributed by atoms with E-state index in [0.717, 1.165) is 19.6 Å². The maximum atomic E-state index is 5.11. The van der Waals surface area contributed by atoms with Crippen molar-refractivity contribution < 1.29 is 4.74 Å². The maximum absolute atomic E-state index is 5.11. The van der Waals surface area contributed by atoms with Crippen LogP contribution >= 0.6 is 0 Å². The molecule has 1 atom stereocenters. The number of rotatable bonds is 9. The second-order valence-electron chi connectivity index (χ2n) is 4.91. The molecule has 0 radical (unpaired) electrons. The van der Waals surface area contributed by atoms with Crippen molar-refractivity contribution in [2.45, 2.75) is 45.6 Å². The minimum absolute atomic E-state index is 0.488. The topological polar surface area (TPSA) is 21.3 Å². The normalized spacial score (nSPS) is 12.6. The highest BCUT2D eigenvalue weighted by Crippen LogP contribution is 2.20. The van der Waals surface area contributed by atoms with Crippen molar-refractivity contribution in [1.82, 2.24) is 5.32 Å². The van der Waals surface area contributed by atoms with Crippen molar-refractivity contribution in [3.05, 3.63) is 35.4 Å². The Morgan fingerprint density at radius 3 is 2.50 bits per heavy atom. The van der Waals surface area contributed by atoms with Crippen LogP contribution in [-0.2, 0) is 4.74 Å². The fraction of sp³-hybridized carbons (Fsp3) is 0.625. The van der Waals surface area contributed by atoms with E-state index in [1.807, 2.05) is 0 Å². The Labute approximate surface area is 112 Å². The second kappa shape index (κ2) is 9.12. The van der Waals surface area contributed by atoms with Gasteiger partial charge in [0.1, 0.15) is 0 Å². The fourth-order valence-electron chi connectivity index (χ4n) is 2.10. The predicted molar refractivity (Wildman–Crippen MR) is 77.9 cm³/mol. The van der Waals surface area contributed by atoms with Crippen LogP contribution in [0, 0.1) is 6.92 Å². The van der Waals surface area contributed by atoms with Crippen molar-refractivity contribution in [2.75, 3.05) is 20.3 Å². The summed E-state index contributed by atoms with van der Waals surface area (Å²) in [5, 5.41) is 3.64.